The average molecular weight is 311 g/mol. The second-order valence-electron chi connectivity index (χ2n) is 5.16. The first-order chi connectivity index (χ1) is 9.70. The van der Waals surface area contributed by atoms with E-state index in [9.17, 15) is 0 Å². The summed E-state index contributed by atoms with van der Waals surface area (Å²) in [4.78, 5) is 4.72. The Morgan fingerprint density at radius 1 is 1.55 bits per heavy atom. The van der Waals surface area contributed by atoms with Gasteiger partial charge in [0.2, 0.25) is 0 Å². The van der Waals surface area contributed by atoms with Crippen molar-refractivity contribution in [3.8, 4) is 5.75 Å². The first kappa shape index (κ1) is 14.1. The Labute approximate surface area is 128 Å². The highest BCUT2D eigenvalue weighted by molar-refractivity contribution is 8.00. The van der Waals surface area contributed by atoms with Crippen LogP contribution < -0.4 is 4.74 Å². The molecule has 0 radical (unpaired) electrons. The summed E-state index contributed by atoms with van der Waals surface area (Å²) in [6.07, 6.45) is 2.60. The van der Waals surface area contributed by atoms with Gasteiger partial charge in [-0.2, -0.15) is 11.8 Å². The summed E-state index contributed by atoms with van der Waals surface area (Å²) in [5, 5.41) is 0.575. The molecule has 0 saturated carbocycles. The summed E-state index contributed by atoms with van der Waals surface area (Å²) in [5.41, 5.74) is 2.04. The van der Waals surface area contributed by atoms with Crippen molar-refractivity contribution in [3.05, 3.63) is 24.0 Å². The number of nitrogens with zero attached hydrogens (tertiary/aromatic N) is 2. The number of methoxy groups -OCH3 is 1. The van der Waals surface area contributed by atoms with Crippen molar-refractivity contribution in [2.24, 2.45) is 0 Å². The quantitative estimate of drug-likeness (QED) is 0.790. The van der Waals surface area contributed by atoms with Crippen molar-refractivity contribution in [1.29, 1.82) is 0 Å². The molecule has 1 saturated heterocycles. The summed E-state index contributed by atoms with van der Waals surface area (Å²) in [5.74, 6) is 3.03. The Balaban J connectivity index is 2.08. The number of halogens is 1. The molecule has 5 heteroatoms. The van der Waals surface area contributed by atoms with Crippen LogP contribution in [0.4, 0.5) is 0 Å². The summed E-state index contributed by atoms with van der Waals surface area (Å²) in [7, 11) is 1.68. The molecule has 3 rings (SSSR count). The van der Waals surface area contributed by atoms with Crippen LogP contribution in [0.5, 0.6) is 5.75 Å². The molecule has 1 fully saturated rings. The van der Waals surface area contributed by atoms with E-state index >= 15 is 0 Å². The molecule has 1 aliphatic heterocycles. The first-order valence-electron chi connectivity index (χ1n) is 6.99. The third-order valence-electron chi connectivity index (χ3n) is 3.76. The SMILES string of the molecule is COc1cccc2c1nc(C(C)Cl)n2CC1CCCS1. The number of benzene rings is 1. The van der Waals surface area contributed by atoms with E-state index in [0.29, 0.717) is 5.25 Å². The molecule has 0 amide bonds. The van der Waals surface area contributed by atoms with Crippen molar-refractivity contribution < 1.29 is 4.74 Å². The molecule has 2 aromatic rings. The van der Waals surface area contributed by atoms with E-state index in [1.54, 1.807) is 7.11 Å². The molecule has 1 aliphatic rings. The number of aromatic nitrogens is 2. The fourth-order valence-electron chi connectivity index (χ4n) is 2.79. The van der Waals surface area contributed by atoms with Gasteiger partial charge in [-0.1, -0.05) is 6.07 Å². The van der Waals surface area contributed by atoms with Gasteiger partial charge in [0.1, 0.15) is 17.1 Å². The van der Waals surface area contributed by atoms with Gasteiger partial charge in [-0.05, 0) is 37.7 Å². The minimum absolute atomic E-state index is 0.0986. The molecule has 108 valence electrons. The van der Waals surface area contributed by atoms with Crippen molar-refractivity contribution in [2.45, 2.75) is 36.9 Å². The Kier molecular flexibility index (Phi) is 4.13. The third kappa shape index (κ3) is 2.51. The van der Waals surface area contributed by atoms with Crippen molar-refractivity contribution >= 4 is 34.4 Å². The summed E-state index contributed by atoms with van der Waals surface area (Å²) < 4.78 is 7.70. The number of hydrogen-bond acceptors (Lipinski definition) is 3. The monoisotopic (exact) mass is 310 g/mol. The second-order valence-corrected chi connectivity index (χ2v) is 7.22. The standard InChI is InChI=1S/C15H19ClN2OS/c1-10(16)15-17-14-12(6-3-7-13(14)19-2)18(15)9-11-5-4-8-20-11/h3,6-7,10-11H,4-5,8-9H2,1-2H3. The maximum Gasteiger partial charge on any atom is 0.146 e. The highest BCUT2D eigenvalue weighted by Gasteiger charge is 2.22. The maximum atomic E-state index is 6.33. The zero-order valence-electron chi connectivity index (χ0n) is 11.8. The van der Waals surface area contributed by atoms with E-state index in [1.807, 2.05) is 19.1 Å². The lowest BCUT2D eigenvalue weighted by Crippen LogP contribution is -2.13. The largest absolute Gasteiger partial charge is 0.494 e. The van der Waals surface area contributed by atoms with Crippen LogP contribution in [0.2, 0.25) is 0 Å². The minimum atomic E-state index is -0.0986. The molecular formula is C15H19ClN2OS. The highest BCUT2D eigenvalue weighted by Crippen LogP contribution is 2.33. The van der Waals surface area contributed by atoms with Gasteiger partial charge in [-0.15, -0.1) is 11.6 Å². The van der Waals surface area contributed by atoms with Gasteiger partial charge in [0.15, 0.2) is 0 Å². The van der Waals surface area contributed by atoms with E-state index in [2.05, 4.69) is 22.4 Å². The van der Waals surface area contributed by atoms with Gasteiger partial charge >= 0.3 is 0 Å². The van der Waals surface area contributed by atoms with Crippen molar-refractivity contribution in [2.75, 3.05) is 12.9 Å². The Hall–Kier alpha value is -0.870. The van der Waals surface area contributed by atoms with Crippen LogP contribution in [0.15, 0.2) is 18.2 Å². The van der Waals surface area contributed by atoms with Gasteiger partial charge in [0, 0.05) is 11.8 Å². The molecule has 0 aliphatic carbocycles. The molecule has 0 spiro atoms. The van der Waals surface area contributed by atoms with Gasteiger partial charge in [0.25, 0.3) is 0 Å². The molecule has 1 aromatic carbocycles. The van der Waals surface area contributed by atoms with E-state index < -0.39 is 0 Å². The molecule has 0 N–H and O–H groups in total. The van der Waals surface area contributed by atoms with Gasteiger partial charge in [-0.25, -0.2) is 4.98 Å². The van der Waals surface area contributed by atoms with Crippen LogP contribution in [-0.2, 0) is 6.54 Å². The number of fused-ring (bicyclic) bond motifs is 1. The predicted octanol–water partition coefficient (Wildman–Crippen LogP) is 4.24. The fourth-order valence-corrected chi connectivity index (χ4v) is 4.21. The molecule has 2 heterocycles. The number of ether oxygens (including phenoxy) is 1. The topological polar surface area (TPSA) is 27.1 Å². The highest BCUT2D eigenvalue weighted by atomic mass is 35.5. The number of rotatable bonds is 4. The number of thioether (sulfide) groups is 1. The zero-order valence-corrected chi connectivity index (χ0v) is 13.4. The van der Waals surface area contributed by atoms with Crippen LogP contribution in [0.3, 0.4) is 0 Å². The van der Waals surface area contributed by atoms with Crippen LogP contribution in [0, 0.1) is 0 Å². The molecular weight excluding hydrogens is 292 g/mol. The van der Waals surface area contributed by atoms with Crippen LogP contribution in [0.25, 0.3) is 11.0 Å². The van der Waals surface area contributed by atoms with E-state index in [4.69, 9.17) is 21.3 Å². The van der Waals surface area contributed by atoms with Crippen LogP contribution in [-0.4, -0.2) is 27.7 Å². The predicted molar refractivity (Wildman–Crippen MR) is 86.0 cm³/mol. The Morgan fingerprint density at radius 2 is 2.40 bits per heavy atom. The molecule has 3 nitrogen and oxygen atoms in total. The maximum absolute atomic E-state index is 6.33. The van der Waals surface area contributed by atoms with Crippen molar-refractivity contribution in [1.82, 2.24) is 9.55 Å². The lowest BCUT2D eigenvalue weighted by atomic mass is 10.2. The molecule has 2 unspecified atom stereocenters. The number of hydrogen-bond donors (Lipinski definition) is 0. The lowest BCUT2D eigenvalue weighted by molar-refractivity contribution is 0.419. The number of alkyl halides is 1. The normalized spacial score (nSPS) is 20.4. The van der Waals surface area contributed by atoms with E-state index in [1.165, 1.54) is 18.6 Å². The zero-order chi connectivity index (χ0) is 14.1. The minimum Gasteiger partial charge on any atom is -0.494 e. The molecule has 0 bridgehead atoms. The van der Waals surface area contributed by atoms with Crippen LogP contribution in [0.1, 0.15) is 31.0 Å². The summed E-state index contributed by atoms with van der Waals surface area (Å²) in [6, 6.07) is 6.07. The van der Waals surface area contributed by atoms with E-state index in [-0.39, 0.29) is 5.38 Å². The lowest BCUT2D eigenvalue weighted by Gasteiger charge is -2.14. The van der Waals surface area contributed by atoms with E-state index in [0.717, 1.165) is 29.2 Å². The summed E-state index contributed by atoms with van der Waals surface area (Å²) >= 11 is 8.39. The first-order valence-corrected chi connectivity index (χ1v) is 8.48. The van der Waals surface area contributed by atoms with Gasteiger partial charge in [0.05, 0.1) is 18.0 Å². The number of para-hydroxylation sites is 1. The average Bonchev–Trinajstić information content (AvgIpc) is 3.07. The smallest absolute Gasteiger partial charge is 0.146 e. The Bertz CT molecular complexity index is 605. The second kappa shape index (κ2) is 5.86. The van der Waals surface area contributed by atoms with Crippen LogP contribution >= 0.6 is 23.4 Å². The molecule has 1 aromatic heterocycles. The number of imidazole rings is 1. The molecule has 2 atom stereocenters. The molecule has 20 heavy (non-hydrogen) atoms. The summed E-state index contributed by atoms with van der Waals surface area (Å²) in [6.45, 7) is 2.97. The Morgan fingerprint density at radius 3 is 3.05 bits per heavy atom. The fraction of sp³-hybridized carbons (Fsp3) is 0.533. The van der Waals surface area contributed by atoms with Crippen molar-refractivity contribution in [3.63, 3.8) is 0 Å². The van der Waals surface area contributed by atoms with Gasteiger partial charge < -0.3 is 9.30 Å². The third-order valence-corrected chi connectivity index (χ3v) is 5.33. The van der Waals surface area contributed by atoms with Gasteiger partial charge in [-0.3, -0.25) is 0 Å².